The standard InChI is InChI=1S/C26H41N3O/c1-2-3-4-13-29(26(30)28-10-5-6-20-7-11-27-12-8-20)14-9-25-23-16-21-15-22(18-23)19-24(25)17-21/h7-8,11-12,21-25H,2-6,9-10,13-19H2,1H3,(H,28,30). The van der Waals surface area contributed by atoms with Gasteiger partial charge in [0.1, 0.15) is 0 Å². The molecule has 4 nitrogen and oxygen atoms in total. The van der Waals surface area contributed by atoms with Crippen molar-refractivity contribution in [3.05, 3.63) is 30.1 Å². The van der Waals surface area contributed by atoms with Crippen molar-refractivity contribution in [1.29, 1.82) is 0 Å². The largest absolute Gasteiger partial charge is 0.338 e. The highest BCUT2D eigenvalue weighted by atomic mass is 16.2. The van der Waals surface area contributed by atoms with Crippen molar-refractivity contribution >= 4 is 6.03 Å². The summed E-state index contributed by atoms with van der Waals surface area (Å²) in [6.45, 7) is 4.85. The summed E-state index contributed by atoms with van der Waals surface area (Å²) in [6.07, 6.45) is 17.9. The second kappa shape index (κ2) is 10.6. The van der Waals surface area contributed by atoms with Crippen LogP contribution in [0.4, 0.5) is 4.79 Å². The van der Waals surface area contributed by atoms with Crippen molar-refractivity contribution in [2.45, 2.75) is 77.6 Å². The topological polar surface area (TPSA) is 45.2 Å². The minimum Gasteiger partial charge on any atom is -0.338 e. The Bertz CT molecular complexity index is 634. The molecule has 1 N–H and O–H groups in total. The van der Waals surface area contributed by atoms with Gasteiger partial charge in [-0.15, -0.1) is 0 Å². The molecule has 0 aliphatic heterocycles. The van der Waals surface area contributed by atoms with Gasteiger partial charge in [0, 0.05) is 32.0 Å². The predicted octanol–water partition coefficient (Wildman–Crippen LogP) is 5.68. The zero-order valence-corrected chi connectivity index (χ0v) is 18.9. The molecule has 0 radical (unpaired) electrons. The number of nitrogens with zero attached hydrogens (tertiary/aromatic N) is 2. The zero-order chi connectivity index (χ0) is 20.8. The first-order valence-electron chi connectivity index (χ1n) is 12.6. The van der Waals surface area contributed by atoms with Crippen LogP contribution in [-0.4, -0.2) is 35.5 Å². The first kappa shape index (κ1) is 21.6. The highest BCUT2D eigenvalue weighted by molar-refractivity contribution is 5.74. The van der Waals surface area contributed by atoms with Crippen molar-refractivity contribution in [2.75, 3.05) is 19.6 Å². The molecule has 166 valence electrons. The molecule has 1 aromatic rings. The van der Waals surface area contributed by atoms with E-state index in [0.717, 1.165) is 68.5 Å². The second-order valence-corrected chi connectivity index (χ2v) is 10.3. The van der Waals surface area contributed by atoms with Crippen LogP contribution in [-0.2, 0) is 6.42 Å². The van der Waals surface area contributed by atoms with Crippen LogP contribution in [0.5, 0.6) is 0 Å². The molecule has 4 bridgehead atoms. The monoisotopic (exact) mass is 411 g/mol. The van der Waals surface area contributed by atoms with Crippen LogP contribution in [0.2, 0.25) is 0 Å². The normalized spacial score (nSPS) is 29.2. The van der Waals surface area contributed by atoms with E-state index in [0.29, 0.717) is 0 Å². The van der Waals surface area contributed by atoms with Crippen LogP contribution in [0.25, 0.3) is 0 Å². The van der Waals surface area contributed by atoms with Crippen LogP contribution in [0, 0.1) is 29.6 Å². The van der Waals surface area contributed by atoms with Gasteiger partial charge in [-0.2, -0.15) is 0 Å². The maximum Gasteiger partial charge on any atom is 0.317 e. The zero-order valence-electron chi connectivity index (χ0n) is 18.9. The van der Waals surface area contributed by atoms with Gasteiger partial charge in [-0.3, -0.25) is 4.98 Å². The van der Waals surface area contributed by atoms with Crippen LogP contribution in [0.3, 0.4) is 0 Å². The van der Waals surface area contributed by atoms with Gasteiger partial charge in [0.05, 0.1) is 0 Å². The van der Waals surface area contributed by atoms with Crippen molar-refractivity contribution in [3.63, 3.8) is 0 Å². The summed E-state index contributed by atoms with van der Waals surface area (Å²) in [7, 11) is 0. The highest BCUT2D eigenvalue weighted by Crippen LogP contribution is 2.57. The Morgan fingerprint density at radius 2 is 1.70 bits per heavy atom. The third-order valence-corrected chi connectivity index (χ3v) is 8.14. The molecule has 4 saturated carbocycles. The van der Waals surface area contributed by atoms with Crippen molar-refractivity contribution < 1.29 is 4.79 Å². The number of nitrogens with one attached hydrogen (secondary N) is 1. The Morgan fingerprint density at radius 1 is 1.00 bits per heavy atom. The van der Waals surface area contributed by atoms with Gasteiger partial charge in [-0.1, -0.05) is 19.8 Å². The highest BCUT2D eigenvalue weighted by Gasteiger charge is 2.47. The molecule has 4 aliphatic rings. The fourth-order valence-electron chi connectivity index (χ4n) is 6.83. The van der Waals surface area contributed by atoms with Gasteiger partial charge >= 0.3 is 6.03 Å². The summed E-state index contributed by atoms with van der Waals surface area (Å²) < 4.78 is 0. The van der Waals surface area contributed by atoms with E-state index in [9.17, 15) is 4.79 Å². The number of pyridine rings is 1. The summed E-state index contributed by atoms with van der Waals surface area (Å²) in [6, 6.07) is 4.28. The lowest BCUT2D eigenvalue weighted by Gasteiger charge is -2.54. The van der Waals surface area contributed by atoms with E-state index in [1.807, 2.05) is 12.4 Å². The van der Waals surface area contributed by atoms with E-state index >= 15 is 0 Å². The van der Waals surface area contributed by atoms with E-state index in [4.69, 9.17) is 0 Å². The molecule has 4 fully saturated rings. The van der Waals surface area contributed by atoms with Gasteiger partial charge < -0.3 is 10.2 Å². The Kier molecular flexibility index (Phi) is 7.67. The number of carbonyl (C=O) groups excluding carboxylic acids is 1. The molecule has 5 rings (SSSR count). The number of hydrogen-bond acceptors (Lipinski definition) is 2. The van der Waals surface area contributed by atoms with Gasteiger partial charge in [-0.05, 0) is 105 Å². The Hall–Kier alpha value is -1.58. The molecule has 0 saturated heterocycles. The van der Waals surface area contributed by atoms with E-state index in [-0.39, 0.29) is 6.03 Å². The number of rotatable bonds is 11. The quantitative estimate of drug-likeness (QED) is 0.476. The Labute approximate surface area is 183 Å². The lowest BCUT2D eigenvalue weighted by molar-refractivity contribution is -0.0415. The van der Waals surface area contributed by atoms with E-state index in [2.05, 4.69) is 34.3 Å². The molecule has 4 heteroatoms. The predicted molar refractivity (Wildman–Crippen MR) is 122 cm³/mol. The number of hydrogen-bond donors (Lipinski definition) is 1. The van der Waals surface area contributed by atoms with E-state index in [1.54, 1.807) is 0 Å². The summed E-state index contributed by atoms with van der Waals surface area (Å²) in [4.78, 5) is 19.1. The second-order valence-electron chi connectivity index (χ2n) is 10.3. The maximum atomic E-state index is 12.9. The lowest BCUT2D eigenvalue weighted by Crippen LogP contribution is -2.47. The molecule has 30 heavy (non-hydrogen) atoms. The van der Waals surface area contributed by atoms with Crippen molar-refractivity contribution in [1.82, 2.24) is 15.2 Å². The minimum absolute atomic E-state index is 0.157. The first-order valence-corrected chi connectivity index (χ1v) is 12.6. The third kappa shape index (κ3) is 5.56. The maximum absolute atomic E-state index is 12.9. The fourth-order valence-corrected chi connectivity index (χ4v) is 6.83. The summed E-state index contributed by atoms with van der Waals surface area (Å²) in [5.74, 6) is 4.87. The number of aryl methyl sites for hydroxylation is 1. The molecule has 1 aromatic heterocycles. The lowest BCUT2D eigenvalue weighted by atomic mass is 9.51. The van der Waals surface area contributed by atoms with Gasteiger partial charge in [0.15, 0.2) is 0 Å². The third-order valence-electron chi connectivity index (χ3n) is 8.14. The van der Waals surface area contributed by atoms with Gasteiger partial charge in [0.25, 0.3) is 0 Å². The fraction of sp³-hybridized carbons (Fsp3) is 0.769. The molecular weight excluding hydrogens is 370 g/mol. The molecule has 0 atom stereocenters. The average molecular weight is 412 g/mol. The minimum atomic E-state index is 0.157. The Morgan fingerprint density at radius 3 is 2.37 bits per heavy atom. The molecule has 1 heterocycles. The first-order chi connectivity index (χ1) is 14.7. The number of amides is 2. The number of carbonyl (C=O) groups is 1. The summed E-state index contributed by atoms with van der Waals surface area (Å²) in [5.41, 5.74) is 1.29. The van der Waals surface area contributed by atoms with E-state index < -0.39 is 0 Å². The van der Waals surface area contributed by atoms with Crippen LogP contribution in [0.15, 0.2) is 24.5 Å². The molecule has 0 unspecified atom stereocenters. The van der Waals surface area contributed by atoms with Gasteiger partial charge in [0.2, 0.25) is 0 Å². The number of aromatic nitrogens is 1. The average Bonchev–Trinajstić information content (AvgIpc) is 2.75. The molecule has 2 amide bonds. The molecule has 0 aromatic carbocycles. The molecular formula is C26H41N3O. The van der Waals surface area contributed by atoms with Crippen molar-refractivity contribution in [2.24, 2.45) is 29.6 Å². The summed E-state index contributed by atoms with van der Waals surface area (Å²) >= 11 is 0. The molecule has 0 spiro atoms. The van der Waals surface area contributed by atoms with Crippen molar-refractivity contribution in [3.8, 4) is 0 Å². The number of unbranched alkanes of at least 4 members (excludes halogenated alkanes) is 2. The van der Waals surface area contributed by atoms with Crippen LogP contribution >= 0.6 is 0 Å². The Balaban J connectivity index is 1.23. The van der Waals surface area contributed by atoms with Crippen LogP contribution < -0.4 is 5.32 Å². The molecule has 4 aliphatic carbocycles. The van der Waals surface area contributed by atoms with Gasteiger partial charge in [-0.25, -0.2) is 4.79 Å². The van der Waals surface area contributed by atoms with Crippen LogP contribution in [0.1, 0.15) is 76.7 Å². The number of urea groups is 1. The summed E-state index contributed by atoms with van der Waals surface area (Å²) in [5, 5.41) is 3.20. The smallest absolute Gasteiger partial charge is 0.317 e. The van der Waals surface area contributed by atoms with E-state index in [1.165, 1.54) is 56.9 Å². The SMILES string of the molecule is CCCCCN(CCC1C2CC3CC(C2)CC1C3)C(=O)NCCCc1ccncc1.